The number of nitrogens with zero attached hydrogens (tertiary/aromatic N) is 1. The third-order valence-corrected chi connectivity index (χ3v) is 5.52. The van der Waals surface area contributed by atoms with Gasteiger partial charge in [0.1, 0.15) is 0 Å². The normalized spacial score (nSPS) is 10.6. The van der Waals surface area contributed by atoms with E-state index in [1.165, 1.54) is 44.1 Å². The third kappa shape index (κ3) is 7.60. The minimum atomic E-state index is -0.126. The predicted octanol–water partition coefficient (Wildman–Crippen LogP) is 7.83. The van der Waals surface area contributed by atoms with Crippen molar-refractivity contribution in [3.63, 3.8) is 0 Å². The van der Waals surface area contributed by atoms with Crippen molar-refractivity contribution in [3.8, 4) is 0 Å². The molecule has 2 amide bonds. The average Bonchev–Trinajstić information content (AvgIpc) is 2.81. The van der Waals surface area contributed by atoms with Gasteiger partial charge in [-0.1, -0.05) is 99.7 Å². The summed E-state index contributed by atoms with van der Waals surface area (Å²) >= 11 is 0. The Morgan fingerprint density at radius 2 is 1.32 bits per heavy atom. The lowest BCUT2D eigenvalue weighted by atomic mass is 10.0. The number of aryl methyl sites for hydroxylation is 1. The number of nitrogens with one attached hydrogen (secondary N) is 1. The molecule has 0 radical (unpaired) electrons. The molecule has 0 heterocycles. The van der Waals surface area contributed by atoms with E-state index in [0.717, 1.165) is 23.4 Å². The summed E-state index contributed by atoms with van der Waals surface area (Å²) in [5.74, 6) is 0. The van der Waals surface area contributed by atoms with Crippen molar-refractivity contribution in [2.45, 2.75) is 58.4 Å². The van der Waals surface area contributed by atoms with E-state index in [4.69, 9.17) is 0 Å². The third-order valence-electron chi connectivity index (χ3n) is 5.52. The molecule has 3 aromatic carbocycles. The fourth-order valence-corrected chi connectivity index (χ4v) is 3.71. The van der Waals surface area contributed by atoms with Gasteiger partial charge >= 0.3 is 6.03 Å². The van der Waals surface area contributed by atoms with E-state index in [1.54, 1.807) is 4.90 Å². The van der Waals surface area contributed by atoms with Gasteiger partial charge in [0.05, 0.1) is 6.54 Å². The molecule has 0 saturated heterocycles. The molecule has 3 heteroatoms. The largest absolute Gasteiger partial charge is 0.326 e. The fraction of sp³-hybridized carbons (Fsp3) is 0.321. The van der Waals surface area contributed by atoms with Crippen LogP contribution in [0.3, 0.4) is 0 Å². The predicted molar refractivity (Wildman–Crippen MR) is 132 cm³/mol. The van der Waals surface area contributed by atoms with Crippen molar-refractivity contribution >= 4 is 17.4 Å². The van der Waals surface area contributed by atoms with Crippen molar-refractivity contribution in [2.24, 2.45) is 0 Å². The molecule has 0 aromatic heterocycles. The number of carbonyl (C=O) groups excluding carboxylic acids is 1. The lowest BCUT2D eigenvalue weighted by Crippen LogP contribution is -2.34. The molecule has 0 aliphatic heterocycles. The zero-order chi connectivity index (χ0) is 21.7. The average molecular weight is 415 g/mol. The molecule has 31 heavy (non-hydrogen) atoms. The summed E-state index contributed by atoms with van der Waals surface area (Å²) in [5.41, 5.74) is 4.14. The number of unbranched alkanes of at least 4 members (excludes halogenated alkanes) is 5. The van der Waals surface area contributed by atoms with Crippen LogP contribution in [0.1, 0.15) is 56.6 Å². The maximum atomic E-state index is 13.1. The van der Waals surface area contributed by atoms with E-state index >= 15 is 0 Å². The van der Waals surface area contributed by atoms with Gasteiger partial charge in [0.15, 0.2) is 0 Å². The van der Waals surface area contributed by atoms with Crippen LogP contribution in [0.25, 0.3) is 0 Å². The van der Waals surface area contributed by atoms with Crippen molar-refractivity contribution in [1.29, 1.82) is 0 Å². The Balaban J connectivity index is 1.66. The highest BCUT2D eigenvalue weighted by molar-refractivity contribution is 6.01. The monoisotopic (exact) mass is 414 g/mol. The van der Waals surface area contributed by atoms with Gasteiger partial charge < -0.3 is 5.32 Å². The Morgan fingerprint density at radius 1 is 0.710 bits per heavy atom. The van der Waals surface area contributed by atoms with Gasteiger partial charge in [0, 0.05) is 11.4 Å². The Morgan fingerprint density at radius 3 is 2.00 bits per heavy atom. The van der Waals surface area contributed by atoms with Crippen LogP contribution in [0, 0.1) is 0 Å². The topological polar surface area (TPSA) is 32.3 Å². The molecule has 0 bridgehead atoms. The maximum Gasteiger partial charge on any atom is 0.326 e. The summed E-state index contributed by atoms with van der Waals surface area (Å²) in [6, 6.07) is 28.1. The Bertz CT molecular complexity index is 891. The van der Waals surface area contributed by atoms with Crippen LogP contribution in [0.15, 0.2) is 84.9 Å². The summed E-state index contributed by atoms with van der Waals surface area (Å²) in [7, 11) is 0. The Hall–Kier alpha value is -3.07. The molecule has 0 fully saturated rings. The molecule has 1 N–H and O–H groups in total. The van der Waals surface area contributed by atoms with Crippen LogP contribution in [0.4, 0.5) is 16.2 Å². The Labute approximate surface area is 187 Å². The van der Waals surface area contributed by atoms with E-state index < -0.39 is 0 Å². The van der Waals surface area contributed by atoms with Gasteiger partial charge in [-0.3, -0.25) is 4.90 Å². The van der Waals surface area contributed by atoms with Gasteiger partial charge in [-0.15, -0.1) is 0 Å². The molecule has 0 saturated carbocycles. The summed E-state index contributed by atoms with van der Waals surface area (Å²) in [4.78, 5) is 14.9. The first-order valence-corrected chi connectivity index (χ1v) is 11.5. The number of anilines is 2. The van der Waals surface area contributed by atoms with Gasteiger partial charge in [0.2, 0.25) is 0 Å². The minimum absolute atomic E-state index is 0.126. The van der Waals surface area contributed by atoms with Gasteiger partial charge in [-0.2, -0.15) is 0 Å². The first-order chi connectivity index (χ1) is 15.3. The molecule has 0 aliphatic carbocycles. The van der Waals surface area contributed by atoms with E-state index in [2.05, 4.69) is 48.6 Å². The zero-order valence-electron chi connectivity index (χ0n) is 18.6. The molecule has 3 rings (SSSR count). The van der Waals surface area contributed by atoms with Gasteiger partial charge in [-0.05, 0) is 48.2 Å². The van der Waals surface area contributed by atoms with E-state index in [0.29, 0.717) is 6.54 Å². The highest BCUT2D eigenvalue weighted by atomic mass is 16.2. The second-order valence-electron chi connectivity index (χ2n) is 8.05. The number of rotatable bonds is 11. The summed E-state index contributed by atoms with van der Waals surface area (Å²) in [6.45, 7) is 2.78. The summed E-state index contributed by atoms with van der Waals surface area (Å²) in [6.07, 6.45) is 8.93. The molecule has 0 spiro atoms. The SMILES string of the molecule is CCCCCCCCc1ccc(N(Cc2ccccc2)C(=O)Nc2ccccc2)cc1. The highest BCUT2D eigenvalue weighted by Gasteiger charge is 2.16. The Kier molecular flexibility index (Phi) is 9.18. The lowest BCUT2D eigenvalue weighted by molar-refractivity contribution is 0.256. The minimum Gasteiger partial charge on any atom is -0.308 e. The number of carbonyl (C=O) groups is 1. The van der Waals surface area contributed by atoms with Gasteiger partial charge in [-0.25, -0.2) is 4.79 Å². The standard InChI is InChI=1S/C28H34N2O/c1-2-3-4-5-6-9-14-24-19-21-27(22-20-24)30(23-25-15-10-7-11-16-25)28(31)29-26-17-12-8-13-18-26/h7-8,10-13,15-22H,2-6,9,14,23H2,1H3,(H,29,31). The van der Waals surface area contributed by atoms with E-state index in [1.807, 2.05) is 48.5 Å². The molecule has 0 unspecified atom stereocenters. The van der Waals surface area contributed by atoms with Crippen molar-refractivity contribution in [2.75, 3.05) is 10.2 Å². The number of urea groups is 1. The van der Waals surface area contributed by atoms with E-state index in [-0.39, 0.29) is 6.03 Å². The first kappa shape index (κ1) is 22.6. The van der Waals surface area contributed by atoms with Crippen LogP contribution >= 0.6 is 0 Å². The fourth-order valence-electron chi connectivity index (χ4n) is 3.71. The summed E-state index contributed by atoms with van der Waals surface area (Å²) in [5, 5.41) is 3.02. The molecule has 0 aliphatic rings. The molecule has 3 aromatic rings. The second kappa shape index (κ2) is 12.6. The molecule has 0 atom stereocenters. The second-order valence-corrected chi connectivity index (χ2v) is 8.05. The van der Waals surface area contributed by atoms with E-state index in [9.17, 15) is 4.79 Å². The van der Waals surface area contributed by atoms with Crippen molar-refractivity contribution < 1.29 is 4.79 Å². The van der Waals surface area contributed by atoms with Gasteiger partial charge in [0.25, 0.3) is 0 Å². The van der Waals surface area contributed by atoms with Crippen LogP contribution in [-0.4, -0.2) is 6.03 Å². The number of hydrogen-bond acceptors (Lipinski definition) is 1. The zero-order valence-corrected chi connectivity index (χ0v) is 18.6. The number of benzene rings is 3. The highest BCUT2D eigenvalue weighted by Crippen LogP contribution is 2.21. The molecule has 3 nitrogen and oxygen atoms in total. The summed E-state index contributed by atoms with van der Waals surface area (Å²) < 4.78 is 0. The first-order valence-electron chi connectivity index (χ1n) is 11.5. The van der Waals surface area contributed by atoms with Crippen LogP contribution in [0.5, 0.6) is 0 Å². The smallest absolute Gasteiger partial charge is 0.308 e. The molecule has 162 valence electrons. The number of hydrogen-bond donors (Lipinski definition) is 1. The van der Waals surface area contributed by atoms with Crippen LogP contribution in [-0.2, 0) is 13.0 Å². The molecular weight excluding hydrogens is 380 g/mol. The van der Waals surface area contributed by atoms with Crippen molar-refractivity contribution in [1.82, 2.24) is 0 Å². The maximum absolute atomic E-state index is 13.1. The number of para-hydroxylation sites is 1. The number of amides is 2. The van der Waals surface area contributed by atoms with Crippen LogP contribution in [0.2, 0.25) is 0 Å². The molecular formula is C28H34N2O. The lowest BCUT2D eigenvalue weighted by Gasteiger charge is -2.24. The van der Waals surface area contributed by atoms with Crippen molar-refractivity contribution in [3.05, 3.63) is 96.1 Å². The quantitative estimate of drug-likeness (QED) is 0.319. The van der Waals surface area contributed by atoms with Crippen LogP contribution < -0.4 is 10.2 Å².